The maximum absolute atomic E-state index is 2.49. The topological polar surface area (TPSA) is 8.17 Å². The molecule has 2 heterocycles. The minimum Gasteiger partial charge on any atom is -0.349 e. The maximum Gasteiger partial charge on any atom is 0.0503 e. The fraction of sp³-hybridized carbons (Fsp3) is 0.692. The Morgan fingerprint density at radius 3 is 2.73 bits per heavy atom. The van der Waals surface area contributed by atoms with Gasteiger partial charge in [-0.2, -0.15) is 0 Å². The van der Waals surface area contributed by atoms with Gasteiger partial charge >= 0.3 is 0 Å². The van der Waals surface area contributed by atoms with Crippen LogP contribution in [0.3, 0.4) is 0 Å². The van der Waals surface area contributed by atoms with Gasteiger partial charge in [0.15, 0.2) is 0 Å². The van der Waals surface area contributed by atoms with E-state index in [2.05, 4.69) is 55.6 Å². The van der Waals surface area contributed by atoms with E-state index >= 15 is 0 Å². The number of hydrogen-bond donors (Lipinski definition) is 0. The molecule has 1 aromatic rings. The Morgan fingerprint density at radius 1 is 1.33 bits per heavy atom. The highest BCUT2D eigenvalue weighted by Crippen LogP contribution is 2.35. The number of hydrogen-bond acceptors (Lipinski definition) is 1. The van der Waals surface area contributed by atoms with Gasteiger partial charge in [0.25, 0.3) is 0 Å². The van der Waals surface area contributed by atoms with Gasteiger partial charge in [0.05, 0.1) is 6.04 Å². The van der Waals surface area contributed by atoms with Crippen molar-refractivity contribution in [3.8, 4) is 0 Å². The fourth-order valence-corrected chi connectivity index (χ4v) is 2.42. The number of likely N-dealkylation sites (N-methyl/N-ethyl adjacent to an activating group) is 1. The first kappa shape index (κ1) is 10.7. The zero-order valence-electron chi connectivity index (χ0n) is 10.3. The van der Waals surface area contributed by atoms with Crippen LogP contribution < -0.4 is 0 Å². The lowest BCUT2D eigenvalue weighted by Crippen LogP contribution is -2.36. The van der Waals surface area contributed by atoms with Gasteiger partial charge in [0, 0.05) is 25.0 Å². The van der Waals surface area contributed by atoms with Crippen LogP contribution in [-0.2, 0) is 6.54 Å². The molecule has 2 rings (SSSR count). The van der Waals surface area contributed by atoms with E-state index in [1.165, 1.54) is 18.7 Å². The van der Waals surface area contributed by atoms with Gasteiger partial charge in [-0.1, -0.05) is 20.8 Å². The van der Waals surface area contributed by atoms with Crippen LogP contribution in [0.15, 0.2) is 18.3 Å². The van der Waals surface area contributed by atoms with E-state index in [9.17, 15) is 0 Å². The van der Waals surface area contributed by atoms with E-state index in [0.29, 0.717) is 11.5 Å². The average molecular weight is 206 g/mol. The van der Waals surface area contributed by atoms with Crippen LogP contribution in [-0.4, -0.2) is 23.1 Å². The van der Waals surface area contributed by atoms with Gasteiger partial charge in [0.1, 0.15) is 0 Å². The summed E-state index contributed by atoms with van der Waals surface area (Å²) in [5.41, 5.74) is 1.88. The Morgan fingerprint density at radius 2 is 2.07 bits per heavy atom. The van der Waals surface area contributed by atoms with Crippen molar-refractivity contribution in [1.82, 2.24) is 9.47 Å². The highest BCUT2D eigenvalue weighted by Gasteiger charge is 2.28. The Labute approximate surface area is 92.9 Å². The quantitative estimate of drug-likeness (QED) is 0.686. The van der Waals surface area contributed by atoms with E-state index in [1.807, 2.05) is 0 Å². The second-order valence-electron chi connectivity index (χ2n) is 5.89. The predicted molar refractivity (Wildman–Crippen MR) is 63.9 cm³/mol. The van der Waals surface area contributed by atoms with Gasteiger partial charge < -0.3 is 4.57 Å². The molecule has 0 spiro atoms. The standard InChI is InChI=1S/C13H22N2/c1-13(2,3)10-12-11-6-5-7-15(11)9-8-14(12)4/h5-7,12H,8-10H2,1-4H3. The van der Waals surface area contributed by atoms with Crippen LogP contribution >= 0.6 is 0 Å². The fourth-order valence-electron chi connectivity index (χ4n) is 2.42. The summed E-state index contributed by atoms with van der Waals surface area (Å²) in [6.07, 6.45) is 3.44. The van der Waals surface area contributed by atoms with Gasteiger partial charge in [-0.15, -0.1) is 0 Å². The first-order valence-electron chi connectivity index (χ1n) is 5.83. The monoisotopic (exact) mass is 206 g/mol. The maximum atomic E-state index is 2.49. The summed E-state index contributed by atoms with van der Waals surface area (Å²) in [4.78, 5) is 2.49. The van der Waals surface area contributed by atoms with Crippen LogP contribution in [0.5, 0.6) is 0 Å². The van der Waals surface area contributed by atoms with E-state index in [0.717, 1.165) is 6.54 Å². The number of aromatic nitrogens is 1. The minimum absolute atomic E-state index is 0.394. The van der Waals surface area contributed by atoms with Crippen molar-refractivity contribution in [2.45, 2.75) is 39.8 Å². The predicted octanol–water partition coefficient (Wildman–Crippen LogP) is 2.91. The summed E-state index contributed by atoms with van der Waals surface area (Å²) in [6, 6.07) is 5.03. The molecular formula is C13H22N2. The molecule has 0 saturated carbocycles. The largest absolute Gasteiger partial charge is 0.349 e. The van der Waals surface area contributed by atoms with Gasteiger partial charge in [-0.25, -0.2) is 0 Å². The second-order valence-corrected chi connectivity index (χ2v) is 5.89. The molecule has 15 heavy (non-hydrogen) atoms. The molecule has 1 aliphatic rings. The van der Waals surface area contributed by atoms with Crippen LogP contribution in [0, 0.1) is 5.41 Å². The lowest BCUT2D eigenvalue weighted by Gasteiger charge is -2.37. The summed E-state index contributed by atoms with van der Waals surface area (Å²) < 4.78 is 2.40. The van der Waals surface area contributed by atoms with E-state index in [4.69, 9.17) is 0 Å². The van der Waals surface area contributed by atoms with Gasteiger partial charge in [-0.3, -0.25) is 4.90 Å². The zero-order valence-corrected chi connectivity index (χ0v) is 10.3. The van der Waals surface area contributed by atoms with Crippen molar-refractivity contribution >= 4 is 0 Å². The zero-order chi connectivity index (χ0) is 11.1. The van der Waals surface area contributed by atoms with Crippen molar-refractivity contribution in [2.75, 3.05) is 13.6 Å². The summed E-state index contributed by atoms with van der Waals surface area (Å²) in [5, 5.41) is 0. The smallest absolute Gasteiger partial charge is 0.0503 e. The summed E-state index contributed by atoms with van der Waals surface area (Å²) >= 11 is 0. The Bertz CT molecular complexity index is 333. The lowest BCUT2D eigenvalue weighted by molar-refractivity contribution is 0.146. The molecule has 2 nitrogen and oxygen atoms in total. The van der Waals surface area contributed by atoms with Crippen molar-refractivity contribution in [3.05, 3.63) is 24.0 Å². The van der Waals surface area contributed by atoms with Crippen molar-refractivity contribution in [1.29, 1.82) is 0 Å². The molecule has 0 radical (unpaired) electrons. The van der Waals surface area contributed by atoms with Crippen molar-refractivity contribution in [3.63, 3.8) is 0 Å². The Hall–Kier alpha value is -0.760. The number of rotatable bonds is 1. The molecule has 0 saturated heterocycles. The molecule has 1 unspecified atom stereocenters. The molecule has 1 aliphatic heterocycles. The Balaban J connectivity index is 2.24. The van der Waals surface area contributed by atoms with E-state index in [-0.39, 0.29) is 0 Å². The summed E-state index contributed by atoms with van der Waals surface area (Å²) in [7, 11) is 2.24. The summed E-state index contributed by atoms with van der Waals surface area (Å²) in [5.74, 6) is 0. The third-order valence-electron chi connectivity index (χ3n) is 3.24. The average Bonchev–Trinajstić information content (AvgIpc) is 2.56. The van der Waals surface area contributed by atoms with Gasteiger partial charge in [-0.05, 0) is 31.0 Å². The molecule has 0 fully saturated rings. The second kappa shape index (κ2) is 3.67. The highest BCUT2D eigenvalue weighted by molar-refractivity contribution is 5.14. The van der Waals surface area contributed by atoms with Crippen molar-refractivity contribution in [2.24, 2.45) is 5.41 Å². The molecule has 0 aromatic carbocycles. The molecule has 0 N–H and O–H groups in total. The van der Waals surface area contributed by atoms with Crippen molar-refractivity contribution < 1.29 is 0 Å². The third kappa shape index (κ3) is 2.25. The van der Waals surface area contributed by atoms with E-state index in [1.54, 1.807) is 0 Å². The molecular weight excluding hydrogens is 184 g/mol. The highest BCUT2D eigenvalue weighted by atomic mass is 15.2. The third-order valence-corrected chi connectivity index (χ3v) is 3.24. The van der Waals surface area contributed by atoms with Crippen LogP contribution in [0.4, 0.5) is 0 Å². The molecule has 0 bridgehead atoms. The molecule has 2 heteroatoms. The molecule has 0 amide bonds. The molecule has 84 valence electrons. The Kier molecular flexibility index (Phi) is 2.63. The van der Waals surface area contributed by atoms with Gasteiger partial charge in [0.2, 0.25) is 0 Å². The van der Waals surface area contributed by atoms with Crippen LogP contribution in [0.25, 0.3) is 0 Å². The lowest BCUT2D eigenvalue weighted by atomic mass is 9.86. The van der Waals surface area contributed by atoms with Crippen LogP contribution in [0.1, 0.15) is 38.9 Å². The SMILES string of the molecule is CN1CCn2cccc2C1CC(C)(C)C. The first-order chi connectivity index (χ1) is 6.97. The first-order valence-corrected chi connectivity index (χ1v) is 5.83. The normalized spacial score (nSPS) is 22.8. The molecule has 1 atom stereocenters. The minimum atomic E-state index is 0.394. The molecule has 1 aromatic heterocycles. The number of nitrogens with zero attached hydrogens (tertiary/aromatic N) is 2. The van der Waals surface area contributed by atoms with E-state index < -0.39 is 0 Å². The number of fused-ring (bicyclic) bond motifs is 1. The summed E-state index contributed by atoms with van der Waals surface area (Å²) in [6.45, 7) is 9.27. The molecule has 0 aliphatic carbocycles. The van der Waals surface area contributed by atoms with Crippen LogP contribution in [0.2, 0.25) is 0 Å².